The lowest BCUT2D eigenvalue weighted by atomic mass is 10.2. The maximum Gasteiger partial charge on any atom is 0.340 e. The van der Waals surface area contributed by atoms with Crippen molar-refractivity contribution in [1.29, 1.82) is 0 Å². The Bertz CT molecular complexity index is 682. The van der Waals surface area contributed by atoms with Gasteiger partial charge in [0, 0.05) is 25.6 Å². The minimum absolute atomic E-state index is 0.112. The molecule has 148 valence electrons. The molecule has 9 nitrogen and oxygen atoms in total. The summed E-state index contributed by atoms with van der Waals surface area (Å²) in [4.78, 5) is 47.6. The molecule has 0 saturated heterocycles. The van der Waals surface area contributed by atoms with E-state index < -0.39 is 24.0 Å². The number of methoxy groups -OCH3 is 1. The molecule has 1 aromatic rings. The Balaban J connectivity index is 2.66. The number of thioether (sulfide) groups is 1. The summed E-state index contributed by atoms with van der Waals surface area (Å²) in [6.45, 7) is 2.17. The van der Waals surface area contributed by atoms with Gasteiger partial charge in [0.15, 0.2) is 6.10 Å². The zero-order valence-electron chi connectivity index (χ0n) is 15.4. The number of ether oxygens (including phenoxy) is 2. The minimum atomic E-state index is -1.16. The predicted molar refractivity (Wildman–Crippen MR) is 99.5 cm³/mol. The van der Waals surface area contributed by atoms with Gasteiger partial charge in [-0.25, -0.2) is 9.59 Å². The van der Waals surface area contributed by atoms with Crippen molar-refractivity contribution in [3.63, 3.8) is 0 Å². The van der Waals surface area contributed by atoms with Gasteiger partial charge in [-0.15, -0.1) is 11.8 Å². The number of urea groups is 1. The third-order valence-corrected chi connectivity index (χ3v) is 4.28. The molecule has 0 aromatic heterocycles. The van der Waals surface area contributed by atoms with Crippen molar-refractivity contribution < 1.29 is 28.7 Å². The summed E-state index contributed by atoms with van der Waals surface area (Å²) >= 11 is 1.17. The molecular formula is C17H23N3O6S. The first kappa shape index (κ1) is 22.5. The average molecular weight is 397 g/mol. The Hall–Kier alpha value is -2.59. The van der Waals surface area contributed by atoms with Crippen molar-refractivity contribution in [2.45, 2.75) is 17.9 Å². The second-order valence-corrected chi connectivity index (χ2v) is 6.26. The molecule has 0 spiro atoms. The first-order valence-electron chi connectivity index (χ1n) is 8.10. The second kappa shape index (κ2) is 11.9. The fraction of sp³-hybridized carbons (Fsp3) is 0.412. The highest BCUT2D eigenvalue weighted by atomic mass is 32.2. The van der Waals surface area contributed by atoms with E-state index in [1.54, 1.807) is 25.3 Å². The lowest BCUT2D eigenvalue weighted by molar-refractivity contribution is -0.128. The second-order valence-electron chi connectivity index (χ2n) is 5.24. The third kappa shape index (κ3) is 8.09. The standard InChI is InChI=1S/C17H23N3O6S/c1-11(15(22)20-17(24)18-2)26-16(23)12-6-4-5-7-13(12)27-10-14(21)19-8-9-25-3/h4-7,11H,8-10H2,1-3H3,(H,19,21)(H2,18,20,22,24). The van der Waals surface area contributed by atoms with Gasteiger partial charge in [-0.2, -0.15) is 0 Å². The summed E-state index contributed by atoms with van der Waals surface area (Å²) in [5, 5.41) is 6.94. The van der Waals surface area contributed by atoms with Crippen molar-refractivity contribution >= 4 is 35.6 Å². The van der Waals surface area contributed by atoms with Gasteiger partial charge in [0.25, 0.3) is 5.91 Å². The maximum absolute atomic E-state index is 12.4. The summed E-state index contributed by atoms with van der Waals surface area (Å²) in [6.07, 6.45) is -1.16. The Labute approximate surface area is 161 Å². The van der Waals surface area contributed by atoms with Crippen LogP contribution in [0, 0.1) is 0 Å². The molecule has 0 aliphatic rings. The maximum atomic E-state index is 12.4. The summed E-state index contributed by atoms with van der Waals surface area (Å²) in [5.74, 6) is -1.55. The molecule has 1 rings (SSSR count). The predicted octanol–water partition coefficient (Wildman–Crippen LogP) is 0.542. The van der Waals surface area contributed by atoms with Crippen molar-refractivity contribution in [2.24, 2.45) is 0 Å². The van der Waals surface area contributed by atoms with Gasteiger partial charge in [-0.3, -0.25) is 14.9 Å². The molecule has 27 heavy (non-hydrogen) atoms. The number of amides is 4. The van der Waals surface area contributed by atoms with Crippen LogP contribution in [-0.2, 0) is 19.1 Å². The topological polar surface area (TPSA) is 123 Å². The van der Waals surface area contributed by atoms with Crippen LogP contribution in [-0.4, -0.2) is 63.0 Å². The third-order valence-electron chi connectivity index (χ3n) is 3.21. The van der Waals surface area contributed by atoms with Crippen molar-refractivity contribution in [1.82, 2.24) is 16.0 Å². The molecular weight excluding hydrogens is 374 g/mol. The Morgan fingerprint density at radius 2 is 1.89 bits per heavy atom. The van der Waals surface area contributed by atoms with Crippen molar-refractivity contribution in [2.75, 3.05) is 33.1 Å². The number of hydrogen-bond donors (Lipinski definition) is 3. The highest BCUT2D eigenvalue weighted by Crippen LogP contribution is 2.23. The van der Waals surface area contributed by atoms with E-state index in [1.807, 2.05) is 5.32 Å². The van der Waals surface area contributed by atoms with E-state index in [0.717, 1.165) is 0 Å². The molecule has 1 unspecified atom stereocenters. The van der Waals surface area contributed by atoms with Crippen LogP contribution in [0.25, 0.3) is 0 Å². The molecule has 0 bridgehead atoms. The Morgan fingerprint density at radius 3 is 2.56 bits per heavy atom. The van der Waals surface area contributed by atoms with Crippen LogP contribution in [0.4, 0.5) is 4.79 Å². The molecule has 3 N–H and O–H groups in total. The minimum Gasteiger partial charge on any atom is -0.449 e. The molecule has 0 aliphatic heterocycles. The largest absolute Gasteiger partial charge is 0.449 e. The van der Waals surface area contributed by atoms with E-state index in [2.05, 4.69) is 10.6 Å². The molecule has 4 amide bonds. The van der Waals surface area contributed by atoms with E-state index in [4.69, 9.17) is 9.47 Å². The highest BCUT2D eigenvalue weighted by Gasteiger charge is 2.22. The lowest BCUT2D eigenvalue weighted by Gasteiger charge is -2.14. The SMILES string of the molecule is CNC(=O)NC(=O)C(C)OC(=O)c1ccccc1SCC(=O)NCCOC. The van der Waals surface area contributed by atoms with Crippen LogP contribution in [0.2, 0.25) is 0 Å². The Morgan fingerprint density at radius 1 is 1.19 bits per heavy atom. The van der Waals surface area contributed by atoms with Crippen LogP contribution in [0.3, 0.4) is 0 Å². The molecule has 1 aromatic carbocycles. The van der Waals surface area contributed by atoms with Crippen LogP contribution >= 0.6 is 11.8 Å². The lowest BCUT2D eigenvalue weighted by Crippen LogP contribution is -2.43. The smallest absolute Gasteiger partial charge is 0.340 e. The summed E-state index contributed by atoms with van der Waals surface area (Å²) in [7, 11) is 2.90. The monoisotopic (exact) mass is 397 g/mol. The number of esters is 1. The van der Waals surface area contributed by atoms with Gasteiger partial charge in [0.1, 0.15) is 0 Å². The number of carbonyl (C=O) groups excluding carboxylic acids is 4. The summed E-state index contributed by atoms with van der Waals surface area (Å²) in [6, 6.07) is 5.90. The van der Waals surface area contributed by atoms with Gasteiger partial charge in [0.2, 0.25) is 5.91 Å². The molecule has 0 radical (unpaired) electrons. The van der Waals surface area contributed by atoms with E-state index in [9.17, 15) is 19.2 Å². The van der Waals surface area contributed by atoms with Crippen molar-refractivity contribution in [3.8, 4) is 0 Å². The number of rotatable bonds is 9. The van der Waals surface area contributed by atoms with Gasteiger partial charge in [0.05, 0.1) is 17.9 Å². The first-order valence-corrected chi connectivity index (χ1v) is 9.08. The molecule has 0 fully saturated rings. The number of benzene rings is 1. The zero-order chi connectivity index (χ0) is 20.2. The van der Waals surface area contributed by atoms with E-state index in [-0.39, 0.29) is 17.2 Å². The molecule has 0 heterocycles. The molecule has 0 aliphatic carbocycles. The molecule has 0 saturated carbocycles. The van der Waals surface area contributed by atoms with Crippen molar-refractivity contribution in [3.05, 3.63) is 29.8 Å². The van der Waals surface area contributed by atoms with Crippen LogP contribution < -0.4 is 16.0 Å². The average Bonchev–Trinajstić information content (AvgIpc) is 2.66. The van der Waals surface area contributed by atoms with Gasteiger partial charge in [-0.05, 0) is 19.1 Å². The molecule has 1 atom stereocenters. The van der Waals surface area contributed by atoms with E-state index in [0.29, 0.717) is 18.0 Å². The van der Waals surface area contributed by atoms with E-state index in [1.165, 1.54) is 31.8 Å². The highest BCUT2D eigenvalue weighted by molar-refractivity contribution is 8.00. The zero-order valence-corrected chi connectivity index (χ0v) is 16.2. The summed E-state index contributed by atoms with van der Waals surface area (Å²) in [5.41, 5.74) is 0.229. The fourth-order valence-electron chi connectivity index (χ4n) is 1.80. The number of imide groups is 1. The summed E-state index contributed by atoms with van der Waals surface area (Å²) < 4.78 is 9.96. The van der Waals surface area contributed by atoms with Gasteiger partial charge in [-0.1, -0.05) is 12.1 Å². The van der Waals surface area contributed by atoms with Gasteiger partial charge >= 0.3 is 12.0 Å². The van der Waals surface area contributed by atoms with E-state index >= 15 is 0 Å². The number of hydrogen-bond acceptors (Lipinski definition) is 7. The number of carbonyl (C=O) groups is 4. The quantitative estimate of drug-likeness (QED) is 0.316. The normalized spacial score (nSPS) is 11.2. The van der Waals surface area contributed by atoms with Crippen LogP contribution in [0.5, 0.6) is 0 Å². The fourth-order valence-corrected chi connectivity index (χ4v) is 2.67. The van der Waals surface area contributed by atoms with Crippen LogP contribution in [0.15, 0.2) is 29.2 Å². The Kier molecular flexibility index (Phi) is 9.91. The molecule has 10 heteroatoms. The first-order chi connectivity index (χ1) is 12.9. The van der Waals surface area contributed by atoms with Crippen LogP contribution in [0.1, 0.15) is 17.3 Å². The number of nitrogens with one attached hydrogen (secondary N) is 3. The van der Waals surface area contributed by atoms with Gasteiger partial charge < -0.3 is 20.1 Å².